The molecule has 1 N–H and O–H groups in total. The zero-order chi connectivity index (χ0) is 17.4. The number of carbonyl (C=O) groups is 1. The lowest BCUT2D eigenvalue weighted by Crippen LogP contribution is -2.38. The number of fused-ring (bicyclic) bond motifs is 1. The molecular weight excluding hydrogens is 324 g/mol. The molecule has 1 unspecified atom stereocenters. The van der Waals surface area contributed by atoms with Gasteiger partial charge in [-0.05, 0) is 36.8 Å². The SMILES string of the molecule is O=C1Nc2ccc(F)cc2C1=CN(c1ccccc1)N1CCC(F)C1. The van der Waals surface area contributed by atoms with E-state index in [2.05, 4.69) is 5.32 Å². The Balaban J connectivity index is 1.77. The number of hydrogen-bond donors (Lipinski definition) is 1. The molecule has 2 aromatic rings. The standard InChI is InChI=1S/C19H17F2N3O/c20-13-6-7-18-16(10-13)17(19(25)22-18)12-24(15-4-2-1-3-5-15)23-9-8-14(21)11-23/h1-7,10,12,14H,8-9,11H2,(H,22,25). The van der Waals surface area contributed by atoms with Crippen molar-refractivity contribution in [2.45, 2.75) is 12.6 Å². The Bertz CT molecular complexity index is 838. The van der Waals surface area contributed by atoms with Crippen molar-refractivity contribution in [1.82, 2.24) is 5.01 Å². The van der Waals surface area contributed by atoms with Crippen LogP contribution in [0.25, 0.3) is 5.57 Å². The van der Waals surface area contributed by atoms with E-state index in [4.69, 9.17) is 0 Å². The van der Waals surface area contributed by atoms with Crippen LogP contribution in [0, 0.1) is 5.82 Å². The van der Waals surface area contributed by atoms with Crippen LogP contribution >= 0.6 is 0 Å². The van der Waals surface area contributed by atoms with Gasteiger partial charge in [-0.25, -0.2) is 13.8 Å². The van der Waals surface area contributed by atoms with Gasteiger partial charge in [0.1, 0.15) is 12.0 Å². The van der Waals surface area contributed by atoms with Crippen LogP contribution in [0.5, 0.6) is 0 Å². The van der Waals surface area contributed by atoms with E-state index in [0.29, 0.717) is 29.8 Å². The third kappa shape index (κ3) is 3.00. The number of para-hydroxylation sites is 1. The molecule has 2 aromatic carbocycles. The van der Waals surface area contributed by atoms with E-state index in [9.17, 15) is 13.6 Å². The van der Waals surface area contributed by atoms with Crippen LogP contribution in [0.2, 0.25) is 0 Å². The molecule has 6 heteroatoms. The summed E-state index contributed by atoms with van der Waals surface area (Å²) in [5.41, 5.74) is 2.28. The molecule has 1 amide bonds. The highest BCUT2D eigenvalue weighted by Gasteiger charge is 2.30. The van der Waals surface area contributed by atoms with Crippen LogP contribution in [-0.2, 0) is 4.79 Å². The van der Waals surface area contributed by atoms with Gasteiger partial charge < -0.3 is 5.32 Å². The molecule has 4 nitrogen and oxygen atoms in total. The van der Waals surface area contributed by atoms with E-state index >= 15 is 0 Å². The number of halogens is 2. The molecule has 2 heterocycles. The zero-order valence-electron chi connectivity index (χ0n) is 13.5. The first-order chi connectivity index (χ1) is 12.1. The molecule has 0 saturated carbocycles. The van der Waals surface area contributed by atoms with Crippen molar-refractivity contribution in [2.24, 2.45) is 0 Å². The molecule has 0 spiro atoms. The van der Waals surface area contributed by atoms with Crippen LogP contribution < -0.4 is 10.3 Å². The second-order valence-electron chi connectivity index (χ2n) is 6.17. The third-order valence-electron chi connectivity index (χ3n) is 4.45. The molecule has 1 atom stereocenters. The molecule has 2 aliphatic heterocycles. The van der Waals surface area contributed by atoms with Crippen molar-refractivity contribution in [3.05, 3.63) is 66.1 Å². The summed E-state index contributed by atoms with van der Waals surface area (Å²) in [7, 11) is 0. The summed E-state index contributed by atoms with van der Waals surface area (Å²) in [5.74, 6) is -0.699. The number of nitrogens with one attached hydrogen (secondary N) is 1. The van der Waals surface area contributed by atoms with Crippen molar-refractivity contribution in [2.75, 3.05) is 23.4 Å². The number of alkyl halides is 1. The Hall–Kier alpha value is -2.73. The fourth-order valence-corrected chi connectivity index (χ4v) is 3.21. The molecule has 0 radical (unpaired) electrons. The van der Waals surface area contributed by atoms with E-state index in [1.807, 2.05) is 35.3 Å². The predicted molar refractivity (Wildman–Crippen MR) is 93.0 cm³/mol. The van der Waals surface area contributed by atoms with E-state index in [1.165, 1.54) is 12.1 Å². The molecule has 1 saturated heterocycles. The third-order valence-corrected chi connectivity index (χ3v) is 4.45. The van der Waals surface area contributed by atoms with Gasteiger partial charge in [-0.3, -0.25) is 9.80 Å². The smallest absolute Gasteiger partial charge is 0.257 e. The summed E-state index contributed by atoms with van der Waals surface area (Å²) in [4.78, 5) is 12.4. The van der Waals surface area contributed by atoms with Gasteiger partial charge in [-0.15, -0.1) is 0 Å². The molecule has 0 aliphatic carbocycles. The summed E-state index contributed by atoms with van der Waals surface area (Å²) in [5, 5.41) is 6.38. The normalized spacial score (nSPS) is 21.4. The highest BCUT2D eigenvalue weighted by molar-refractivity contribution is 6.31. The van der Waals surface area contributed by atoms with Crippen LogP contribution in [0.3, 0.4) is 0 Å². The molecule has 2 aliphatic rings. The highest BCUT2D eigenvalue weighted by atomic mass is 19.1. The number of carbonyl (C=O) groups excluding carboxylic acids is 1. The Morgan fingerprint density at radius 1 is 1.20 bits per heavy atom. The van der Waals surface area contributed by atoms with Crippen LogP contribution in [0.15, 0.2) is 54.7 Å². The van der Waals surface area contributed by atoms with Crippen LogP contribution in [0.4, 0.5) is 20.2 Å². The largest absolute Gasteiger partial charge is 0.321 e. The van der Waals surface area contributed by atoms with Gasteiger partial charge in [-0.1, -0.05) is 18.2 Å². The number of rotatable bonds is 3. The maximum atomic E-state index is 13.7. The summed E-state index contributed by atoms with van der Waals surface area (Å²) >= 11 is 0. The van der Waals surface area contributed by atoms with E-state index in [0.717, 1.165) is 5.69 Å². The number of hydrogen-bond acceptors (Lipinski definition) is 3. The average Bonchev–Trinajstić information content (AvgIpc) is 3.16. The van der Waals surface area contributed by atoms with E-state index in [-0.39, 0.29) is 12.5 Å². The first-order valence-electron chi connectivity index (χ1n) is 8.18. The number of hydrazine groups is 1. The molecule has 0 bridgehead atoms. The Morgan fingerprint density at radius 3 is 2.72 bits per heavy atom. The van der Waals surface area contributed by atoms with Gasteiger partial charge in [0.05, 0.1) is 11.3 Å². The van der Waals surface area contributed by atoms with E-state index < -0.39 is 12.0 Å². The van der Waals surface area contributed by atoms with Crippen molar-refractivity contribution in [3.8, 4) is 0 Å². The fourth-order valence-electron chi connectivity index (χ4n) is 3.21. The molecular formula is C19H17F2N3O. The minimum absolute atomic E-state index is 0.260. The van der Waals surface area contributed by atoms with Crippen molar-refractivity contribution >= 4 is 22.9 Å². The second kappa shape index (κ2) is 6.29. The minimum Gasteiger partial charge on any atom is -0.321 e. The first-order valence-corrected chi connectivity index (χ1v) is 8.18. The van der Waals surface area contributed by atoms with Crippen molar-refractivity contribution < 1.29 is 13.6 Å². The molecule has 128 valence electrons. The second-order valence-corrected chi connectivity index (χ2v) is 6.17. The quantitative estimate of drug-likeness (QED) is 0.867. The number of anilines is 2. The topological polar surface area (TPSA) is 35.6 Å². The lowest BCUT2D eigenvalue weighted by molar-refractivity contribution is -0.110. The minimum atomic E-state index is -0.897. The molecule has 0 aromatic heterocycles. The first kappa shape index (κ1) is 15.8. The average molecular weight is 341 g/mol. The van der Waals surface area contributed by atoms with Gasteiger partial charge in [0.25, 0.3) is 5.91 Å². The number of nitrogens with zero attached hydrogens (tertiary/aromatic N) is 2. The maximum absolute atomic E-state index is 13.7. The van der Waals surface area contributed by atoms with Gasteiger partial charge >= 0.3 is 0 Å². The van der Waals surface area contributed by atoms with Crippen molar-refractivity contribution in [3.63, 3.8) is 0 Å². The summed E-state index contributed by atoms with van der Waals surface area (Å²) in [6.45, 7) is 0.813. The van der Waals surface area contributed by atoms with Crippen LogP contribution in [0.1, 0.15) is 12.0 Å². The van der Waals surface area contributed by atoms with E-state index in [1.54, 1.807) is 17.3 Å². The lowest BCUT2D eigenvalue weighted by Gasteiger charge is -2.31. The monoisotopic (exact) mass is 341 g/mol. The summed E-state index contributed by atoms with van der Waals surface area (Å²) in [6.07, 6.45) is 1.21. The number of benzene rings is 2. The van der Waals surface area contributed by atoms with Gasteiger partial charge in [0, 0.05) is 30.5 Å². The summed E-state index contributed by atoms with van der Waals surface area (Å²) < 4.78 is 27.3. The highest BCUT2D eigenvalue weighted by Crippen LogP contribution is 2.34. The molecule has 4 rings (SSSR count). The van der Waals surface area contributed by atoms with Crippen LogP contribution in [-0.4, -0.2) is 30.2 Å². The zero-order valence-corrected chi connectivity index (χ0v) is 13.5. The van der Waals surface area contributed by atoms with Gasteiger partial charge in [0.15, 0.2) is 0 Å². The Morgan fingerprint density at radius 2 is 2.00 bits per heavy atom. The lowest BCUT2D eigenvalue weighted by atomic mass is 10.1. The summed E-state index contributed by atoms with van der Waals surface area (Å²) in [6, 6.07) is 13.6. The number of amides is 1. The van der Waals surface area contributed by atoms with Gasteiger partial charge in [-0.2, -0.15) is 0 Å². The Labute approximate surface area is 144 Å². The predicted octanol–water partition coefficient (Wildman–Crippen LogP) is 3.58. The Kier molecular flexibility index (Phi) is 3.97. The molecule has 1 fully saturated rings. The molecule has 25 heavy (non-hydrogen) atoms. The van der Waals surface area contributed by atoms with Gasteiger partial charge in [0.2, 0.25) is 0 Å². The fraction of sp³-hybridized carbons (Fsp3) is 0.211. The van der Waals surface area contributed by atoms with Crippen molar-refractivity contribution in [1.29, 1.82) is 0 Å². The maximum Gasteiger partial charge on any atom is 0.257 e.